The lowest BCUT2D eigenvalue weighted by Gasteiger charge is -2.16. The van der Waals surface area contributed by atoms with Crippen LogP contribution in [0.5, 0.6) is 0 Å². The fourth-order valence-corrected chi connectivity index (χ4v) is 1.73. The minimum atomic E-state index is -1.23. The van der Waals surface area contributed by atoms with Gasteiger partial charge < -0.3 is 14.6 Å². The molecule has 0 aromatic heterocycles. The molecule has 1 aromatic carbocycles. The molecule has 2 atom stereocenters. The van der Waals surface area contributed by atoms with Crippen molar-refractivity contribution in [3.8, 4) is 0 Å². The third-order valence-electron chi connectivity index (χ3n) is 2.77. The lowest BCUT2D eigenvalue weighted by atomic mass is 9.98. The quantitative estimate of drug-likeness (QED) is 0.785. The molecule has 0 heterocycles. The van der Waals surface area contributed by atoms with E-state index in [0.717, 1.165) is 5.56 Å². The zero-order valence-corrected chi connectivity index (χ0v) is 11.1. The third kappa shape index (κ3) is 3.82. The van der Waals surface area contributed by atoms with Crippen LogP contribution in [0.2, 0.25) is 0 Å². The van der Waals surface area contributed by atoms with Crippen molar-refractivity contribution in [2.75, 3.05) is 13.7 Å². The summed E-state index contributed by atoms with van der Waals surface area (Å²) in [6.45, 7) is 3.91. The highest BCUT2D eigenvalue weighted by atomic mass is 16.5. The molecule has 1 rings (SSSR count). The van der Waals surface area contributed by atoms with Gasteiger partial charge in [0.05, 0.1) is 12.7 Å². The summed E-state index contributed by atoms with van der Waals surface area (Å²) >= 11 is 0. The number of aliphatic hydroxyl groups is 1. The first-order valence-electron chi connectivity index (χ1n) is 6.05. The molecule has 0 saturated carbocycles. The van der Waals surface area contributed by atoms with Crippen LogP contribution in [0.4, 0.5) is 0 Å². The predicted octanol–water partition coefficient (Wildman–Crippen LogP) is 1.86. The van der Waals surface area contributed by atoms with Crippen molar-refractivity contribution in [1.29, 1.82) is 0 Å². The average Bonchev–Trinajstić information content (AvgIpc) is 2.38. The van der Waals surface area contributed by atoms with E-state index in [1.165, 1.54) is 0 Å². The number of methoxy groups -OCH3 is 1. The summed E-state index contributed by atoms with van der Waals surface area (Å²) in [7, 11) is 1.63. The molecule has 0 amide bonds. The van der Waals surface area contributed by atoms with E-state index in [1.54, 1.807) is 26.2 Å². The van der Waals surface area contributed by atoms with Gasteiger partial charge >= 0.3 is 5.97 Å². The van der Waals surface area contributed by atoms with E-state index in [1.807, 2.05) is 19.1 Å². The number of benzene rings is 1. The maximum absolute atomic E-state index is 11.5. The molecule has 1 aromatic rings. The highest BCUT2D eigenvalue weighted by Crippen LogP contribution is 2.21. The summed E-state index contributed by atoms with van der Waals surface area (Å²) in [4.78, 5) is 11.5. The predicted molar refractivity (Wildman–Crippen MR) is 68.2 cm³/mol. The molecule has 100 valence electrons. The number of aliphatic hydroxyl groups excluding tert-OH is 1. The molecule has 0 spiro atoms. The summed E-state index contributed by atoms with van der Waals surface area (Å²) in [6.07, 6.45) is -0.561. The second-order valence-electron chi connectivity index (χ2n) is 4.10. The molecule has 0 radical (unpaired) electrons. The fraction of sp³-hybridized carbons (Fsp3) is 0.500. The van der Waals surface area contributed by atoms with Crippen molar-refractivity contribution in [1.82, 2.24) is 0 Å². The van der Waals surface area contributed by atoms with E-state index in [4.69, 9.17) is 9.47 Å². The van der Waals surface area contributed by atoms with Crippen LogP contribution < -0.4 is 0 Å². The van der Waals surface area contributed by atoms with Gasteiger partial charge in [-0.1, -0.05) is 24.3 Å². The number of ether oxygens (including phenoxy) is 2. The largest absolute Gasteiger partial charge is 0.464 e. The van der Waals surface area contributed by atoms with E-state index in [0.29, 0.717) is 12.0 Å². The monoisotopic (exact) mass is 252 g/mol. The van der Waals surface area contributed by atoms with Crippen molar-refractivity contribution in [3.63, 3.8) is 0 Å². The molecule has 0 fully saturated rings. The number of carbonyl (C=O) groups excluding carboxylic acids is 1. The van der Waals surface area contributed by atoms with E-state index in [-0.39, 0.29) is 12.7 Å². The summed E-state index contributed by atoms with van der Waals surface area (Å²) in [5.74, 6) is -0.616. The fourth-order valence-electron chi connectivity index (χ4n) is 1.73. The minimum Gasteiger partial charge on any atom is -0.464 e. The second-order valence-corrected chi connectivity index (χ2v) is 4.10. The summed E-state index contributed by atoms with van der Waals surface area (Å²) in [5, 5.41) is 9.97. The number of hydrogen-bond donors (Lipinski definition) is 1. The lowest BCUT2D eigenvalue weighted by molar-refractivity contribution is -0.153. The van der Waals surface area contributed by atoms with Gasteiger partial charge in [0.1, 0.15) is 0 Å². The Labute approximate surface area is 108 Å². The Bertz CT molecular complexity index is 389. The molecule has 0 aliphatic heterocycles. The Hall–Kier alpha value is -1.39. The van der Waals surface area contributed by atoms with Crippen LogP contribution in [0.25, 0.3) is 0 Å². The Morgan fingerprint density at radius 1 is 1.39 bits per heavy atom. The lowest BCUT2D eigenvalue weighted by Crippen LogP contribution is -2.18. The van der Waals surface area contributed by atoms with Gasteiger partial charge in [0.25, 0.3) is 0 Å². The molecule has 1 N–H and O–H groups in total. The molecule has 4 heteroatoms. The minimum absolute atomic E-state index is 0.0283. The van der Waals surface area contributed by atoms with Crippen LogP contribution in [0.1, 0.15) is 31.1 Å². The summed E-state index contributed by atoms with van der Waals surface area (Å²) in [6, 6.07) is 7.28. The van der Waals surface area contributed by atoms with Gasteiger partial charge in [-0.2, -0.15) is 0 Å². The molecule has 0 bridgehead atoms. The van der Waals surface area contributed by atoms with E-state index in [9.17, 15) is 9.90 Å². The Kier molecular flexibility index (Phi) is 5.82. The third-order valence-corrected chi connectivity index (χ3v) is 2.77. The number of esters is 1. The van der Waals surface area contributed by atoms with Crippen molar-refractivity contribution < 1.29 is 19.4 Å². The normalized spacial score (nSPS) is 14.0. The molecule has 2 unspecified atom stereocenters. The maximum atomic E-state index is 11.5. The first kappa shape index (κ1) is 14.7. The average molecular weight is 252 g/mol. The smallest absolute Gasteiger partial charge is 0.339 e. The van der Waals surface area contributed by atoms with E-state index < -0.39 is 12.1 Å². The number of carbonyl (C=O) groups is 1. The van der Waals surface area contributed by atoms with Crippen LogP contribution in [0.15, 0.2) is 24.3 Å². The first-order chi connectivity index (χ1) is 8.60. The SMILES string of the molecule is CCOC(=O)C(O)c1ccccc1CC(C)OC. The topological polar surface area (TPSA) is 55.8 Å². The zero-order valence-electron chi connectivity index (χ0n) is 11.1. The van der Waals surface area contributed by atoms with Crippen LogP contribution in [0.3, 0.4) is 0 Å². The zero-order chi connectivity index (χ0) is 13.5. The van der Waals surface area contributed by atoms with Crippen molar-refractivity contribution in [3.05, 3.63) is 35.4 Å². The second kappa shape index (κ2) is 7.13. The van der Waals surface area contributed by atoms with Crippen LogP contribution in [0, 0.1) is 0 Å². The van der Waals surface area contributed by atoms with Gasteiger partial charge in [0.15, 0.2) is 6.10 Å². The van der Waals surface area contributed by atoms with Gasteiger partial charge in [-0.25, -0.2) is 4.79 Å². The molecular formula is C14H20O4. The van der Waals surface area contributed by atoms with Gasteiger partial charge in [-0.15, -0.1) is 0 Å². The Morgan fingerprint density at radius 3 is 2.67 bits per heavy atom. The van der Waals surface area contributed by atoms with Crippen molar-refractivity contribution in [2.24, 2.45) is 0 Å². The highest BCUT2D eigenvalue weighted by molar-refractivity contribution is 5.76. The molecule has 0 aliphatic carbocycles. The Balaban J connectivity index is 2.90. The number of rotatable bonds is 6. The molecule has 18 heavy (non-hydrogen) atoms. The maximum Gasteiger partial charge on any atom is 0.339 e. The van der Waals surface area contributed by atoms with Crippen LogP contribution >= 0.6 is 0 Å². The first-order valence-corrected chi connectivity index (χ1v) is 6.05. The summed E-state index contributed by atoms with van der Waals surface area (Å²) in [5.41, 5.74) is 1.48. The van der Waals surface area contributed by atoms with Crippen LogP contribution in [-0.4, -0.2) is 30.9 Å². The van der Waals surface area contributed by atoms with Gasteiger partial charge in [-0.3, -0.25) is 0 Å². The standard InChI is InChI=1S/C14H20O4/c1-4-18-14(16)13(15)12-8-6-5-7-11(12)9-10(2)17-3/h5-8,10,13,15H,4,9H2,1-3H3. The molecule has 0 saturated heterocycles. The van der Waals surface area contributed by atoms with Gasteiger partial charge in [0.2, 0.25) is 0 Å². The summed E-state index contributed by atoms with van der Waals surface area (Å²) < 4.78 is 10.0. The van der Waals surface area contributed by atoms with Gasteiger partial charge in [0, 0.05) is 7.11 Å². The molecule has 0 aliphatic rings. The molecule has 4 nitrogen and oxygen atoms in total. The van der Waals surface area contributed by atoms with Crippen LogP contribution in [-0.2, 0) is 20.7 Å². The van der Waals surface area contributed by atoms with Crippen molar-refractivity contribution in [2.45, 2.75) is 32.5 Å². The van der Waals surface area contributed by atoms with Gasteiger partial charge in [-0.05, 0) is 31.4 Å². The number of hydrogen-bond acceptors (Lipinski definition) is 4. The van der Waals surface area contributed by atoms with Crippen molar-refractivity contribution >= 4 is 5.97 Å². The highest BCUT2D eigenvalue weighted by Gasteiger charge is 2.21. The van der Waals surface area contributed by atoms with E-state index >= 15 is 0 Å². The Morgan fingerprint density at radius 2 is 2.06 bits per heavy atom. The molecular weight excluding hydrogens is 232 g/mol. The van der Waals surface area contributed by atoms with E-state index in [2.05, 4.69) is 0 Å².